The molecule has 0 bridgehead atoms. The molecule has 1 atom stereocenters. The molecule has 2 aromatic carbocycles. The Labute approximate surface area is 217 Å². The van der Waals surface area contributed by atoms with Gasteiger partial charge in [0.2, 0.25) is 5.91 Å². The molecular formula is C30H31N5O2. The zero-order valence-corrected chi connectivity index (χ0v) is 21.0. The van der Waals surface area contributed by atoms with Crippen molar-refractivity contribution >= 4 is 11.8 Å². The van der Waals surface area contributed by atoms with Crippen molar-refractivity contribution in [1.82, 2.24) is 25.0 Å². The van der Waals surface area contributed by atoms with Crippen molar-refractivity contribution in [2.24, 2.45) is 11.8 Å². The van der Waals surface area contributed by atoms with Crippen molar-refractivity contribution in [2.45, 2.75) is 26.3 Å². The molecule has 0 spiro atoms. The van der Waals surface area contributed by atoms with Crippen LogP contribution in [-0.4, -0.2) is 44.6 Å². The lowest BCUT2D eigenvalue weighted by Crippen LogP contribution is -2.42. The number of carbonyl (C=O) groups is 2. The third-order valence-electron chi connectivity index (χ3n) is 7.15. The topological polar surface area (TPSA) is 80.1 Å². The Bertz CT molecular complexity index is 1330. The molecule has 7 heteroatoms. The Hall–Kier alpha value is -4.26. The second kappa shape index (κ2) is 11.2. The summed E-state index contributed by atoms with van der Waals surface area (Å²) in [6.45, 7) is 3.70. The number of piperidine rings is 1. The zero-order chi connectivity index (χ0) is 25.6. The van der Waals surface area contributed by atoms with Crippen LogP contribution in [0.4, 0.5) is 0 Å². The molecule has 1 N–H and O–H groups in total. The molecule has 1 aliphatic rings. The number of aromatic nitrogens is 3. The fourth-order valence-electron chi connectivity index (χ4n) is 4.89. The molecule has 2 amide bonds. The van der Waals surface area contributed by atoms with Crippen LogP contribution in [0.15, 0.2) is 91.4 Å². The van der Waals surface area contributed by atoms with Gasteiger partial charge >= 0.3 is 0 Å². The lowest BCUT2D eigenvalue weighted by atomic mass is 9.84. The van der Waals surface area contributed by atoms with E-state index in [4.69, 9.17) is 5.10 Å². The minimum atomic E-state index is -0.116. The highest BCUT2D eigenvalue weighted by Gasteiger charge is 2.31. The summed E-state index contributed by atoms with van der Waals surface area (Å²) < 4.78 is 1.77. The molecule has 0 aliphatic carbocycles. The van der Waals surface area contributed by atoms with Gasteiger partial charge in [0.25, 0.3) is 5.91 Å². The van der Waals surface area contributed by atoms with Crippen LogP contribution < -0.4 is 5.32 Å². The van der Waals surface area contributed by atoms with Gasteiger partial charge in [-0.2, -0.15) is 5.10 Å². The molecular weight excluding hydrogens is 462 g/mol. The van der Waals surface area contributed by atoms with Gasteiger partial charge in [0.1, 0.15) is 5.69 Å². The summed E-state index contributed by atoms with van der Waals surface area (Å²) in [4.78, 5) is 32.5. The first-order valence-corrected chi connectivity index (χ1v) is 12.8. The zero-order valence-electron chi connectivity index (χ0n) is 21.0. The fraction of sp³-hybridized carbons (Fsp3) is 0.267. The van der Waals surface area contributed by atoms with Gasteiger partial charge in [0, 0.05) is 49.7 Å². The number of carbonyl (C=O) groups excluding carboxylic acids is 2. The monoisotopic (exact) mass is 493 g/mol. The SMILES string of the molecule is CC(C(=O)NCc1cccnc1)C1CCN(C(=O)c2cn(-c3ccccc3)nc2-c2ccccc2)CC1. The predicted molar refractivity (Wildman–Crippen MR) is 143 cm³/mol. The number of nitrogens with zero attached hydrogens (tertiary/aromatic N) is 4. The Morgan fingerprint density at radius 1 is 0.973 bits per heavy atom. The molecule has 1 fully saturated rings. The van der Waals surface area contributed by atoms with Gasteiger partial charge in [-0.1, -0.05) is 61.5 Å². The number of likely N-dealkylation sites (tertiary alicyclic amines) is 1. The Balaban J connectivity index is 1.26. The maximum Gasteiger partial charge on any atom is 0.257 e. The highest BCUT2D eigenvalue weighted by Crippen LogP contribution is 2.29. The van der Waals surface area contributed by atoms with Crippen LogP contribution >= 0.6 is 0 Å². The van der Waals surface area contributed by atoms with E-state index in [1.54, 1.807) is 17.1 Å². The van der Waals surface area contributed by atoms with Crippen molar-refractivity contribution in [3.63, 3.8) is 0 Å². The largest absolute Gasteiger partial charge is 0.352 e. The summed E-state index contributed by atoms with van der Waals surface area (Å²) in [6, 6.07) is 23.5. The van der Waals surface area contributed by atoms with Crippen LogP contribution in [0.3, 0.4) is 0 Å². The first-order valence-electron chi connectivity index (χ1n) is 12.8. The minimum Gasteiger partial charge on any atom is -0.352 e. The van der Waals surface area contributed by atoms with Crippen molar-refractivity contribution in [1.29, 1.82) is 0 Å². The summed E-state index contributed by atoms with van der Waals surface area (Å²) >= 11 is 0. The second-order valence-corrected chi connectivity index (χ2v) is 9.53. The molecule has 1 saturated heterocycles. The molecule has 1 unspecified atom stereocenters. The van der Waals surface area contributed by atoms with Gasteiger partial charge in [0.05, 0.1) is 11.3 Å². The number of pyridine rings is 1. The van der Waals surface area contributed by atoms with Crippen LogP contribution in [0.25, 0.3) is 16.9 Å². The van der Waals surface area contributed by atoms with E-state index >= 15 is 0 Å². The summed E-state index contributed by atoms with van der Waals surface area (Å²) in [6.07, 6.45) is 6.90. The van der Waals surface area contributed by atoms with Crippen LogP contribution in [0.5, 0.6) is 0 Å². The summed E-state index contributed by atoms with van der Waals surface area (Å²) in [5.74, 6) is 0.144. The van der Waals surface area contributed by atoms with E-state index in [0.717, 1.165) is 29.7 Å². The van der Waals surface area contributed by atoms with E-state index in [1.165, 1.54) is 0 Å². The number of benzene rings is 2. The first-order chi connectivity index (χ1) is 18.1. The molecule has 37 heavy (non-hydrogen) atoms. The van der Waals surface area contributed by atoms with Gasteiger partial charge in [-0.25, -0.2) is 4.68 Å². The fourth-order valence-corrected chi connectivity index (χ4v) is 4.89. The summed E-state index contributed by atoms with van der Waals surface area (Å²) in [7, 11) is 0. The first kappa shape index (κ1) is 24.4. The number of amides is 2. The molecule has 188 valence electrons. The Morgan fingerprint density at radius 3 is 2.35 bits per heavy atom. The van der Waals surface area contributed by atoms with Crippen molar-refractivity contribution in [3.8, 4) is 16.9 Å². The van der Waals surface area contributed by atoms with Crippen LogP contribution in [0, 0.1) is 11.8 Å². The highest BCUT2D eigenvalue weighted by atomic mass is 16.2. The number of nitrogens with one attached hydrogen (secondary N) is 1. The molecule has 0 saturated carbocycles. The van der Waals surface area contributed by atoms with E-state index in [1.807, 2.05) is 90.8 Å². The molecule has 5 rings (SSSR count). The Morgan fingerprint density at radius 2 is 1.68 bits per heavy atom. The standard InChI is InChI=1S/C30H31N5O2/c1-22(29(36)32-20-23-9-8-16-31-19-23)24-14-17-34(18-15-24)30(37)27-21-35(26-12-6-3-7-13-26)33-28(27)25-10-4-2-5-11-25/h2-13,16,19,21-22,24H,14-15,17-18,20H2,1H3,(H,32,36). The molecule has 7 nitrogen and oxygen atoms in total. The van der Waals surface area contributed by atoms with E-state index < -0.39 is 0 Å². The Kier molecular flexibility index (Phi) is 7.40. The normalized spacial score (nSPS) is 14.8. The van der Waals surface area contributed by atoms with Gasteiger partial charge < -0.3 is 10.2 Å². The number of para-hydroxylation sites is 1. The molecule has 1 aliphatic heterocycles. The van der Waals surface area contributed by atoms with Crippen LogP contribution in [-0.2, 0) is 11.3 Å². The number of hydrogen-bond acceptors (Lipinski definition) is 4. The van der Waals surface area contributed by atoms with E-state index in [9.17, 15) is 9.59 Å². The van der Waals surface area contributed by atoms with Gasteiger partial charge in [-0.15, -0.1) is 0 Å². The average Bonchev–Trinajstić information content (AvgIpc) is 3.42. The lowest BCUT2D eigenvalue weighted by molar-refractivity contribution is -0.126. The van der Waals surface area contributed by atoms with Crippen molar-refractivity contribution in [3.05, 3.63) is 103 Å². The summed E-state index contributed by atoms with van der Waals surface area (Å²) in [5.41, 5.74) is 4.07. The minimum absolute atomic E-state index is 0.0202. The molecule has 4 aromatic rings. The maximum absolute atomic E-state index is 13.7. The second-order valence-electron chi connectivity index (χ2n) is 9.53. The van der Waals surface area contributed by atoms with E-state index in [0.29, 0.717) is 30.9 Å². The quantitative estimate of drug-likeness (QED) is 0.403. The third-order valence-corrected chi connectivity index (χ3v) is 7.15. The molecule has 3 heterocycles. The summed E-state index contributed by atoms with van der Waals surface area (Å²) in [5, 5.41) is 7.82. The highest BCUT2D eigenvalue weighted by molar-refractivity contribution is 6.00. The third kappa shape index (κ3) is 5.61. The van der Waals surface area contributed by atoms with Crippen LogP contribution in [0.1, 0.15) is 35.7 Å². The van der Waals surface area contributed by atoms with Crippen LogP contribution in [0.2, 0.25) is 0 Å². The lowest BCUT2D eigenvalue weighted by Gasteiger charge is -2.34. The van der Waals surface area contributed by atoms with Gasteiger partial charge in [0.15, 0.2) is 0 Å². The number of hydrogen-bond donors (Lipinski definition) is 1. The molecule has 2 aromatic heterocycles. The maximum atomic E-state index is 13.7. The molecule has 0 radical (unpaired) electrons. The van der Waals surface area contributed by atoms with E-state index in [-0.39, 0.29) is 23.7 Å². The predicted octanol–water partition coefficient (Wildman–Crippen LogP) is 4.74. The average molecular weight is 494 g/mol. The number of rotatable bonds is 7. The van der Waals surface area contributed by atoms with Crippen molar-refractivity contribution in [2.75, 3.05) is 13.1 Å². The smallest absolute Gasteiger partial charge is 0.257 e. The van der Waals surface area contributed by atoms with Gasteiger partial charge in [-0.3, -0.25) is 14.6 Å². The van der Waals surface area contributed by atoms with Gasteiger partial charge in [-0.05, 0) is 42.5 Å². The van der Waals surface area contributed by atoms with E-state index in [2.05, 4.69) is 10.3 Å². The van der Waals surface area contributed by atoms with Crippen molar-refractivity contribution < 1.29 is 9.59 Å².